The molecule has 0 spiro atoms. The van der Waals surface area contributed by atoms with Crippen LogP contribution in [-0.4, -0.2) is 55.7 Å². The molecule has 6 heteroatoms. The third-order valence-electron chi connectivity index (χ3n) is 4.89. The molecule has 1 saturated carbocycles. The van der Waals surface area contributed by atoms with Gasteiger partial charge in [-0.3, -0.25) is 4.99 Å². The molecular formula is C18H34IN5. The number of aromatic nitrogens is 1. The van der Waals surface area contributed by atoms with Crippen LogP contribution in [0.5, 0.6) is 0 Å². The standard InChI is InChI=1S/C18H33N5.HI/c1-19-18(20-11-14-23-12-7-8-13-23)21-15-17(22(2)3)16-9-5-4-6-10-16;/h7-8,12-13,16-17H,4-6,9-11,14-15H2,1-3H3,(H2,19,20,21);1H. The zero-order valence-corrected chi connectivity index (χ0v) is 17.7. The second-order valence-electron chi connectivity index (χ2n) is 6.73. The monoisotopic (exact) mass is 447 g/mol. The van der Waals surface area contributed by atoms with Gasteiger partial charge in [0, 0.05) is 45.1 Å². The van der Waals surface area contributed by atoms with Crippen LogP contribution in [-0.2, 0) is 6.54 Å². The molecule has 0 aromatic carbocycles. The van der Waals surface area contributed by atoms with E-state index < -0.39 is 0 Å². The van der Waals surface area contributed by atoms with Gasteiger partial charge in [0.25, 0.3) is 0 Å². The van der Waals surface area contributed by atoms with Crippen LogP contribution < -0.4 is 10.6 Å². The first-order chi connectivity index (χ1) is 11.2. The fourth-order valence-corrected chi connectivity index (χ4v) is 3.53. The molecule has 1 aromatic heterocycles. The summed E-state index contributed by atoms with van der Waals surface area (Å²) in [4.78, 5) is 6.72. The summed E-state index contributed by atoms with van der Waals surface area (Å²) in [5.74, 6) is 1.71. The molecule has 0 amide bonds. The highest BCUT2D eigenvalue weighted by atomic mass is 127. The Kier molecular flexibility index (Phi) is 10.4. The topological polar surface area (TPSA) is 44.6 Å². The Morgan fingerprint density at radius 1 is 1.17 bits per heavy atom. The van der Waals surface area contributed by atoms with E-state index in [1.807, 2.05) is 7.05 Å². The van der Waals surface area contributed by atoms with Crippen LogP contribution in [0.1, 0.15) is 32.1 Å². The van der Waals surface area contributed by atoms with E-state index in [2.05, 4.69) is 63.7 Å². The average Bonchev–Trinajstić information content (AvgIpc) is 3.07. The van der Waals surface area contributed by atoms with Crippen molar-refractivity contribution in [2.45, 2.75) is 44.7 Å². The summed E-state index contributed by atoms with van der Waals surface area (Å²) >= 11 is 0. The van der Waals surface area contributed by atoms with Crippen LogP contribution >= 0.6 is 24.0 Å². The lowest BCUT2D eigenvalue weighted by molar-refractivity contribution is 0.171. The number of aliphatic imine (C=N–C) groups is 1. The van der Waals surface area contributed by atoms with Crippen molar-refractivity contribution in [1.82, 2.24) is 20.1 Å². The molecule has 1 aliphatic carbocycles. The van der Waals surface area contributed by atoms with E-state index in [4.69, 9.17) is 0 Å². The van der Waals surface area contributed by atoms with Crippen LogP contribution in [0, 0.1) is 5.92 Å². The molecule has 0 aliphatic heterocycles. The lowest BCUT2D eigenvalue weighted by atomic mass is 9.83. The van der Waals surface area contributed by atoms with Gasteiger partial charge in [-0.25, -0.2) is 0 Å². The zero-order valence-electron chi connectivity index (χ0n) is 15.4. The fraction of sp³-hybridized carbons (Fsp3) is 0.722. The van der Waals surface area contributed by atoms with Gasteiger partial charge in [0.2, 0.25) is 0 Å². The van der Waals surface area contributed by atoms with E-state index in [9.17, 15) is 0 Å². The van der Waals surface area contributed by atoms with E-state index in [0.717, 1.165) is 31.5 Å². The Morgan fingerprint density at radius 3 is 2.42 bits per heavy atom. The highest BCUT2D eigenvalue weighted by molar-refractivity contribution is 14.0. The van der Waals surface area contributed by atoms with E-state index >= 15 is 0 Å². The van der Waals surface area contributed by atoms with Crippen molar-refractivity contribution in [1.29, 1.82) is 0 Å². The molecule has 1 unspecified atom stereocenters. The van der Waals surface area contributed by atoms with Crippen molar-refractivity contribution in [2.24, 2.45) is 10.9 Å². The Hall–Kier alpha value is -0.760. The van der Waals surface area contributed by atoms with Crippen molar-refractivity contribution in [2.75, 3.05) is 34.2 Å². The molecule has 1 fully saturated rings. The van der Waals surface area contributed by atoms with Crippen molar-refractivity contribution < 1.29 is 0 Å². The molecule has 1 atom stereocenters. The second-order valence-corrected chi connectivity index (χ2v) is 6.73. The summed E-state index contributed by atoms with van der Waals surface area (Å²) in [5, 5.41) is 6.92. The van der Waals surface area contributed by atoms with Crippen LogP contribution in [0.2, 0.25) is 0 Å². The molecule has 24 heavy (non-hydrogen) atoms. The molecule has 1 aliphatic rings. The van der Waals surface area contributed by atoms with E-state index in [0.29, 0.717) is 6.04 Å². The molecule has 5 nitrogen and oxygen atoms in total. The number of hydrogen-bond donors (Lipinski definition) is 2. The van der Waals surface area contributed by atoms with Crippen molar-refractivity contribution in [3.8, 4) is 0 Å². The van der Waals surface area contributed by atoms with Gasteiger partial charge < -0.3 is 20.1 Å². The second kappa shape index (κ2) is 11.7. The van der Waals surface area contributed by atoms with Gasteiger partial charge in [0.15, 0.2) is 5.96 Å². The summed E-state index contributed by atoms with van der Waals surface area (Å²) in [6.07, 6.45) is 11.1. The highest BCUT2D eigenvalue weighted by Gasteiger charge is 2.25. The number of guanidine groups is 1. The number of nitrogens with one attached hydrogen (secondary N) is 2. The molecule has 0 radical (unpaired) electrons. The minimum Gasteiger partial charge on any atom is -0.355 e. The molecule has 1 heterocycles. The van der Waals surface area contributed by atoms with E-state index in [1.165, 1.54) is 32.1 Å². The number of rotatable bonds is 7. The van der Waals surface area contributed by atoms with Crippen LogP contribution in [0.3, 0.4) is 0 Å². The SMILES string of the molecule is CN=C(NCCn1cccc1)NCC(C1CCCCC1)N(C)C.I. The van der Waals surface area contributed by atoms with Crippen molar-refractivity contribution in [3.05, 3.63) is 24.5 Å². The van der Waals surface area contributed by atoms with Gasteiger partial charge >= 0.3 is 0 Å². The lowest BCUT2D eigenvalue weighted by Crippen LogP contribution is -2.48. The van der Waals surface area contributed by atoms with Gasteiger partial charge in [-0.2, -0.15) is 0 Å². The van der Waals surface area contributed by atoms with Gasteiger partial charge in [-0.05, 0) is 45.0 Å². The van der Waals surface area contributed by atoms with Gasteiger partial charge in [-0.15, -0.1) is 24.0 Å². The minimum absolute atomic E-state index is 0. The van der Waals surface area contributed by atoms with E-state index in [-0.39, 0.29) is 24.0 Å². The summed E-state index contributed by atoms with van der Waals surface area (Å²) in [5.41, 5.74) is 0. The van der Waals surface area contributed by atoms with Crippen molar-refractivity contribution in [3.63, 3.8) is 0 Å². The number of likely N-dealkylation sites (N-methyl/N-ethyl adjacent to an activating group) is 1. The molecule has 0 bridgehead atoms. The number of hydrogen-bond acceptors (Lipinski definition) is 2. The lowest BCUT2D eigenvalue weighted by Gasteiger charge is -2.35. The largest absolute Gasteiger partial charge is 0.355 e. The van der Waals surface area contributed by atoms with E-state index in [1.54, 1.807) is 0 Å². The first-order valence-electron chi connectivity index (χ1n) is 8.92. The van der Waals surface area contributed by atoms with Crippen molar-refractivity contribution >= 4 is 29.9 Å². The first-order valence-corrected chi connectivity index (χ1v) is 8.92. The third kappa shape index (κ3) is 7.01. The summed E-state index contributed by atoms with van der Waals surface area (Å²) in [7, 11) is 6.24. The third-order valence-corrected chi connectivity index (χ3v) is 4.89. The van der Waals surface area contributed by atoms with Gasteiger partial charge in [0.05, 0.1) is 0 Å². The fourth-order valence-electron chi connectivity index (χ4n) is 3.53. The highest BCUT2D eigenvalue weighted by Crippen LogP contribution is 2.27. The Balaban J connectivity index is 0.00000288. The first kappa shape index (κ1) is 21.3. The summed E-state index contributed by atoms with van der Waals surface area (Å²) < 4.78 is 2.17. The zero-order chi connectivity index (χ0) is 16.5. The maximum Gasteiger partial charge on any atom is 0.191 e. The average molecular weight is 447 g/mol. The predicted molar refractivity (Wildman–Crippen MR) is 113 cm³/mol. The molecule has 2 N–H and O–H groups in total. The minimum atomic E-state index is 0. The Bertz CT molecular complexity index is 452. The summed E-state index contributed by atoms with van der Waals surface area (Å²) in [6, 6.07) is 4.69. The van der Waals surface area contributed by atoms with Gasteiger partial charge in [0.1, 0.15) is 0 Å². The number of nitrogens with zero attached hydrogens (tertiary/aromatic N) is 3. The Labute approximate surface area is 164 Å². The maximum atomic E-state index is 4.35. The molecule has 2 rings (SSSR count). The molecule has 0 saturated heterocycles. The van der Waals surface area contributed by atoms with Crippen LogP contribution in [0.15, 0.2) is 29.5 Å². The Morgan fingerprint density at radius 2 is 1.83 bits per heavy atom. The maximum absolute atomic E-state index is 4.35. The molecule has 1 aromatic rings. The van der Waals surface area contributed by atoms with Gasteiger partial charge in [-0.1, -0.05) is 19.3 Å². The van der Waals surface area contributed by atoms with Crippen LogP contribution in [0.25, 0.3) is 0 Å². The quantitative estimate of drug-likeness (QED) is 0.384. The molecule has 138 valence electrons. The molecular weight excluding hydrogens is 413 g/mol. The van der Waals surface area contributed by atoms with Crippen LogP contribution in [0.4, 0.5) is 0 Å². The summed E-state index contributed by atoms with van der Waals surface area (Å²) in [6.45, 7) is 2.79. The number of halogens is 1. The smallest absolute Gasteiger partial charge is 0.191 e. The predicted octanol–water partition coefficient (Wildman–Crippen LogP) is 2.78. The normalized spacial score (nSPS) is 17.4.